The van der Waals surface area contributed by atoms with Gasteiger partial charge >= 0.3 is 6.72 Å². The molecule has 2 rings (SSSR count). The molecule has 1 aromatic carbocycles. The summed E-state index contributed by atoms with van der Waals surface area (Å²) < 4.78 is 20.3. The zero-order valence-corrected chi connectivity index (χ0v) is 12.1. The average molecular weight is 271 g/mol. The maximum atomic E-state index is 12.6. The van der Waals surface area contributed by atoms with Crippen LogP contribution in [0.15, 0.2) is 30.3 Å². The van der Waals surface area contributed by atoms with E-state index in [1.54, 1.807) is 0 Å². The fraction of sp³-hybridized carbons (Fsp3) is 0.500. The number of rotatable bonds is 3. The molecule has 0 amide bonds. The van der Waals surface area contributed by atoms with Crippen LogP contribution in [0, 0.1) is 0 Å². The van der Waals surface area contributed by atoms with Crippen LogP contribution in [0.1, 0.15) is 25.5 Å². The molecular weight excluding hydrogens is 253 g/mol. The molecule has 17 heavy (non-hydrogen) atoms. The minimum atomic E-state index is -2.69. The van der Waals surface area contributed by atoms with Crippen molar-refractivity contribution in [1.82, 2.24) is 4.67 Å². The number of nitrogens with zero attached hydrogens (tertiary/aromatic N) is 1. The van der Waals surface area contributed by atoms with Crippen molar-refractivity contribution in [1.29, 1.82) is 0 Å². The Morgan fingerprint density at radius 3 is 2.65 bits per heavy atom. The molecule has 0 radical (unpaired) electrons. The molecular formula is C12H18NO2PS. The Morgan fingerprint density at radius 2 is 2.06 bits per heavy atom. The Balaban J connectivity index is 2.26. The van der Waals surface area contributed by atoms with Crippen LogP contribution in [0.25, 0.3) is 0 Å². The molecule has 1 heterocycles. The molecule has 0 spiro atoms. The summed E-state index contributed by atoms with van der Waals surface area (Å²) in [7, 11) is 1.89. The molecule has 0 N–H and O–H groups in total. The van der Waals surface area contributed by atoms with Gasteiger partial charge in [-0.25, -0.2) is 4.67 Å². The number of likely N-dealkylation sites (N-methyl/N-ethyl adjacent to an activating group) is 1. The number of hydrogen-bond acceptors (Lipinski definition) is 3. The van der Waals surface area contributed by atoms with Crippen molar-refractivity contribution in [3.05, 3.63) is 35.9 Å². The predicted octanol–water partition coefficient (Wildman–Crippen LogP) is 3.94. The zero-order chi connectivity index (χ0) is 12.5. The van der Waals surface area contributed by atoms with Crippen LogP contribution in [0.3, 0.4) is 0 Å². The van der Waals surface area contributed by atoms with Gasteiger partial charge in [0.2, 0.25) is 0 Å². The molecule has 3 atom stereocenters. The normalized spacial score (nSPS) is 34.1. The van der Waals surface area contributed by atoms with Gasteiger partial charge in [-0.05, 0) is 19.5 Å². The first kappa shape index (κ1) is 13.2. The minimum absolute atomic E-state index is 0.0916. The lowest BCUT2D eigenvalue weighted by molar-refractivity contribution is 0.213. The highest BCUT2D eigenvalue weighted by atomic mass is 32.7. The molecule has 3 nitrogen and oxygen atoms in total. The van der Waals surface area contributed by atoms with E-state index >= 15 is 0 Å². The lowest BCUT2D eigenvalue weighted by Gasteiger charge is -2.19. The van der Waals surface area contributed by atoms with E-state index in [1.807, 2.05) is 49.0 Å². The highest BCUT2D eigenvalue weighted by molar-refractivity contribution is 8.55. The first-order valence-electron chi connectivity index (χ1n) is 5.79. The van der Waals surface area contributed by atoms with E-state index < -0.39 is 6.72 Å². The lowest BCUT2D eigenvalue weighted by Crippen LogP contribution is -2.22. The van der Waals surface area contributed by atoms with E-state index in [0.717, 1.165) is 11.3 Å². The third kappa shape index (κ3) is 2.45. The van der Waals surface area contributed by atoms with Gasteiger partial charge in [0.05, 0.1) is 0 Å². The average Bonchev–Trinajstić information content (AvgIpc) is 2.56. The third-order valence-electron chi connectivity index (χ3n) is 3.08. The van der Waals surface area contributed by atoms with Crippen molar-refractivity contribution >= 4 is 18.1 Å². The van der Waals surface area contributed by atoms with Crippen molar-refractivity contribution in [2.75, 3.05) is 12.8 Å². The Morgan fingerprint density at radius 1 is 1.41 bits per heavy atom. The summed E-state index contributed by atoms with van der Waals surface area (Å²) in [5, 5.41) is 0. The molecule has 0 aliphatic carbocycles. The first-order valence-corrected chi connectivity index (χ1v) is 8.96. The van der Waals surface area contributed by atoms with Gasteiger partial charge in [-0.1, -0.05) is 48.6 Å². The van der Waals surface area contributed by atoms with Crippen molar-refractivity contribution < 1.29 is 9.09 Å². The van der Waals surface area contributed by atoms with Crippen LogP contribution in [-0.2, 0) is 9.09 Å². The van der Waals surface area contributed by atoms with Crippen LogP contribution in [0.4, 0.5) is 0 Å². The van der Waals surface area contributed by atoms with E-state index in [0.29, 0.717) is 0 Å². The molecule has 1 saturated heterocycles. The molecule has 1 aromatic rings. The SMILES string of the molecule is CCS[P@@]1(=O)O[C@H](c2ccccc2)[C@H](C)N1C. The van der Waals surface area contributed by atoms with E-state index in [9.17, 15) is 4.57 Å². The summed E-state index contributed by atoms with van der Waals surface area (Å²) in [5.74, 6) is 0.801. The fourth-order valence-electron chi connectivity index (χ4n) is 1.99. The Kier molecular flexibility index (Phi) is 3.99. The van der Waals surface area contributed by atoms with E-state index in [2.05, 4.69) is 6.92 Å². The van der Waals surface area contributed by atoms with Crippen LogP contribution >= 0.6 is 18.1 Å². The predicted molar refractivity (Wildman–Crippen MR) is 73.2 cm³/mol. The van der Waals surface area contributed by atoms with E-state index in [-0.39, 0.29) is 12.1 Å². The van der Waals surface area contributed by atoms with Crippen LogP contribution in [0.2, 0.25) is 0 Å². The molecule has 5 heteroatoms. The summed E-state index contributed by atoms with van der Waals surface area (Å²) in [6.07, 6.45) is -0.0916. The summed E-state index contributed by atoms with van der Waals surface area (Å²) >= 11 is 1.41. The lowest BCUT2D eigenvalue weighted by atomic mass is 10.0. The second-order valence-electron chi connectivity index (χ2n) is 4.14. The molecule has 1 fully saturated rings. The number of benzene rings is 1. The van der Waals surface area contributed by atoms with Crippen molar-refractivity contribution in [3.8, 4) is 0 Å². The van der Waals surface area contributed by atoms with Crippen molar-refractivity contribution in [2.45, 2.75) is 26.0 Å². The van der Waals surface area contributed by atoms with Gasteiger partial charge in [-0.15, -0.1) is 0 Å². The Labute approximate surface area is 107 Å². The fourth-order valence-corrected chi connectivity index (χ4v) is 6.29. The van der Waals surface area contributed by atoms with Gasteiger partial charge in [0.25, 0.3) is 0 Å². The standard InChI is InChI=1S/C12H18NO2PS/c1-4-17-16(14)13(3)10(2)12(15-16)11-8-6-5-7-9-11/h5-10,12H,4H2,1-3H3/t10-,12-,16-/m0/s1. The van der Waals surface area contributed by atoms with E-state index in [4.69, 9.17) is 4.52 Å². The molecule has 94 valence electrons. The van der Waals surface area contributed by atoms with Gasteiger partial charge in [0.1, 0.15) is 6.10 Å². The topological polar surface area (TPSA) is 29.5 Å². The Hall–Kier alpha value is -0.280. The number of hydrogen-bond donors (Lipinski definition) is 0. The first-order chi connectivity index (χ1) is 8.08. The van der Waals surface area contributed by atoms with Gasteiger partial charge in [0.15, 0.2) is 0 Å². The summed E-state index contributed by atoms with van der Waals surface area (Å²) in [5.41, 5.74) is 1.10. The van der Waals surface area contributed by atoms with Gasteiger partial charge in [0, 0.05) is 11.8 Å². The zero-order valence-electron chi connectivity index (χ0n) is 10.4. The third-order valence-corrected chi connectivity index (χ3v) is 8.08. The van der Waals surface area contributed by atoms with E-state index in [1.165, 1.54) is 11.4 Å². The summed E-state index contributed by atoms with van der Waals surface area (Å²) in [4.78, 5) is 0. The molecule has 0 unspecified atom stereocenters. The Bertz CT molecular complexity index is 426. The van der Waals surface area contributed by atoms with Gasteiger partial charge in [-0.2, -0.15) is 0 Å². The molecule has 0 aromatic heterocycles. The van der Waals surface area contributed by atoms with Gasteiger partial charge < -0.3 is 0 Å². The van der Waals surface area contributed by atoms with Crippen LogP contribution < -0.4 is 0 Å². The second kappa shape index (κ2) is 5.15. The van der Waals surface area contributed by atoms with Crippen molar-refractivity contribution in [2.24, 2.45) is 0 Å². The smallest absolute Gasteiger partial charge is 0.300 e. The van der Waals surface area contributed by atoms with Crippen LogP contribution in [0.5, 0.6) is 0 Å². The highest BCUT2D eigenvalue weighted by Gasteiger charge is 2.46. The summed E-state index contributed by atoms with van der Waals surface area (Å²) in [6.45, 7) is 1.38. The maximum absolute atomic E-state index is 12.6. The molecule has 0 saturated carbocycles. The largest absolute Gasteiger partial charge is 0.329 e. The van der Waals surface area contributed by atoms with Crippen molar-refractivity contribution in [3.63, 3.8) is 0 Å². The highest BCUT2D eigenvalue weighted by Crippen LogP contribution is 2.70. The second-order valence-corrected chi connectivity index (χ2v) is 8.91. The molecule has 1 aliphatic heterocycles. The monoisotopic (exact) mass is 271 g/mol. The minimum Gasteiger partial charge on any atom is -0.300 e. The summed E-state index contributed by atoms with van der Waals surface area (Å²) in [6, 6.07) is 10.2. The van der Waals surface area contributed by atoms with Gasteiger partial charge in [-0.3, -0.25) is 9.09 Å². The van der Waals surface area contributed by atoms with Crippen LogP contribution in [-0.4, -0.2) is 23.5 Å². The molecule has 0 bridgehead atoms. The quantitative estimate of drug-likeness (QED) is 0.779. The molecule has 1 aliphatic rings. The maximum Gasteiger partial charge on any atom is 0.329 e.